The van der Waals surface area contributed by atoms with E-state index in [1.807, 2.05) is 26.0 Å². The van der Waals surface area contributed by atoms with Crippen LogP contribution in [0.4, 0.5) is 0 Å². The zero-order chi connectivity index (χ0) is 43.1. The molecule has 314 valence electrons. The van der Waals surface area contributed by atoms with Gasteiger partial charge in [-0.3, -0.25) is 9.59 Å². The molecule has 0 bridgehead atoms. The van der Waals surface area contributed by atoms with Crippen LogP contribution in [0.1, 0.15) is 124 Å². The van der Waals surface area contributed by atoms with Crippen LogP contribution in [0.15, 0.2) is 35.5 Å². The summed E-state index contributed by atoms with van der Waals surface area (Å²) in [7, 11) is -9.16. The van der Waals surface area contributed by atoms with Crippen LogP contribution in [0.3, 0.4) is 0 Å². The lowest BCUT2D eigenvalue weighted by molar-refractivity contribution is -0.174. The van der Waals surface area contributed by atoms with Gasteiger partial charge in [0.05, 0.1) is 30.3 Å². The van der Waals surface area contributed by atoms with Crippen LogP contribution in [0.25, 0.3) is 0 Å². The first-order chi connectivity index (χ1) is 23.7. The van der Waals surface area contributed by atoms with Crippen LogP contribution in [0.2, 0.25) is 72.5 Å². The van der Waals surface area contributed by atoms with E-state index in [1.54, 1.807) is 6.08 Å². The Labute approximate surface area is 339 Å². The maximum absolute atomic E-state index is 15.3. The molecule has 1 fully saturated rings. The highest BCUT2D eigenvalue weighted by molar-refractivity contribution is 6.80. The minimum absolute atomic E-state index is 0.0286. The maximum atomic E-state index is 15.3. The molecule has 1 aliphatic heterocycles. The molecule has 1 saturated heterocycles. The Morgan fingerprint density at radius 3 is 1.61 bits per heavy atom. The summed E-state index contributed by atoms with van der Waals surface area (Å²) in [6, 6.07) is -0.187. The van der Waals surface area contributed by atoms with Crippen molar-refractivity contribution >= 4 is 44.9 Å². The van der Waals surface area contributed by atoms with Crippen molar-refractivity contribution in [2.75, 3.05) is 6.61 Å². The third kappa shape index (κ3) is 11.4. The van der Waals surface area contributed by atoms with Gasteiger partial charge in [-0.05, 0) is 93.2 Å². The summed E-state index contributed by atoms with van der Waals surface area (Å²) in [5, 5.41) is -0.121. The molecule has 54 heavy (non-hydrogen) atoms. The molecule has 6 nitrogen and oxygen atoms in total. The van der Waals surface area contributed by atoms with Gasteiger partial charge in [-0.25, -0.2) is 0 Å². The van der Waals surface area contributed by atoms with E-state index in [4.69, 9.17) is 13.3 Å². The van der Waals surface area contributed by atoms with Crippen molar-refractivity contribution in [3.8, 4) is 0 Å². The van der Waals surface area contributed by atoms with Crippen LogP contribution >= 0.6 is 0 Å². The average molecular weight is 823 g/mol. The van der Waals surface area contributed by atoms with Gasteiger partial charge in [0.1, 0.15) is 0 Å². The quantitative estimate of drug-likeness (QED) is 0.0510. The SMILES string of the molecule is C/C=C(C)/C=C/C(=O)C[C@@H](O[Si](C)(C)C(C)(C)C)[C@@H](C)C(O[Si](C)(C)C(C)(C)C)[C@@]1(C)C(=O)N([Si](C)(C)C(C)(C)C)[C@@H]1/C=C(\C)CO[Si](C)(C)C(C)(C)C. The van der Waals surface area contributed by atoms with Gasteiger partial charge < -0.3 is 17.8 Å². The van der Waals surface area contributed by atoms with Crippen molar-refractivity contribution in [3.05, 3.63) is 35.5 Å². The lowest BCUT2D eigenvalue weighted by Gasteiger charge is -2.66. The average Bonchev–Trinajstić information content (AvgIpc) is 2.97. The predicted octanol–water partition coefficient (Wildman–Crippen LogP) is 13.1. The highest BCUT2D eigenvalue weighted by atomic mass is 28.4. The zero-order valence-corrected chi connectivity index (χ0v) is 44.0. The molecule has 1 rings (SSSR count). The third-order valence-electron chi connectivity index (χ3n) is 14.4. The first-order valence-corrected chi connectivity index (χ1v) is 32.2. The van der Waals surface area contributed by atoms with Crippen molar-refractivity contribution < 1.29 is 22.9 Å². The summed E-state index contributed by atoms with van der Waals surface area (Å²) < 4.78 is 23.9. The number of β-lactam (4-membered cyclic amide) rings is 1. The van der Waals surface area contributed by atoms with Gasteiger partial charge in [0, 0.05) is 12.3 Å². The van der Waals surface area contributed by atoms with E-state index < -0.39 is 50.8 Å². The second-order valence-corrected chi connectivity index (χ2v) is 42.3. The first-order valence-electron chi connectivity index (χ1n) is 20.6. The monoisotopic (exact) mass is 822 g/mol. The molecule has 1 heterocycles. The number of hydrogen-bond acceptors (Lipinski definition) is 5. The number of carbonyl (C=O) groups excluding carboxylic acids is 2. The molecule has 10 heteroatoms. The Morgan fingerprint density at radius 1 is 0.759 bits per heavy atom. The molecular weight excluding hydrogens is 735 g/mol. The van der Waals surface area contributed by atoms with Gasteiger partial charge in [0.25, 0.3) is 0 Å². The van der Waals surface area contributed by atoms with Crippen molar-refractivity contribution in [1.29, 1.82) is 0 Å². The van der Waals surface area contributed by atoms with Crippen molar-refractivity contribution in [2.45, 2.75) is 215 Å². The minimum atomic E-state index is -2.45. The number of ketones is 1. The molecule has 0 aromatic carbocycles. The summed E-state index contributed by atoms with van der Waals surface area (Å²) in [5.41, 5.74) is 1.30. The van der Waals surface area contributed by atoms with Gasteiger partial charge in [-0.15, -0.1) is 0 Å². The van der Waals surface area contributed by atoms with Gasteiger partial charge in [-0.1, -0.05) is 132 Å². The second-order valence-electron chi connectivity index (χ2n) is 22.9. The van der Waals surface area contributed by atoms with Crippen LogP contribution in [-0.2, 0) is 22.9 Å². The summed E-state index contributed by atoms with van der Waals surface area (Å²) in [6.07, 6.45) is 7.25. The van der Waals surface area contributed by atoms with Crippen LogP contribution in [-0.4, -0.2) is 74.3 Å². The maximum Gasteiger partial charge on any atom is 0.226 e. The number of nitrogens with zero attached hydrogens (tertiary/aromatic N) is 1. The Morgan fingerprint density at radius 2 is 1.20 bits per heavy atom. The fourth-order valence-electron chi connectivity index (χ4n) is 5.99. The van der Waals surface area contributed by atoms with E-state index in [1.165, 1.54) is 0 Å². The van der Waals surface area contributed by atoms with Crippen LogP contribution in [0.5, 0.6) is 0 Å². The first kappa shape index (κ1) is 51.1. The van der Waals surface area contributed by atoms with Crippen molar-refractivity contribution in [1.82, 2.24) is 4.57 Å². The highest BCUT2D eigenvalue weighted by Gasteiger charge is 2.68. The van der Waals surface area contributed by atoms with Crippen molar-refractivity contribution in [3.63, 3.8) is 0 Å². The molecule has 0 saturated carbocycles. The Balaban J connectivity index is 4.17. The molecule has 5 atom stereocenters. The molecule has 0 aromatic heterocycles. The standard InChI is InChI=1S/C44H87NO5Si4/c1-26-32(2)27-28-35(46)30-36(49-53(22,23)42(11,12)13)34(4)38(50-54(24,25)43(14,15)16)44(17)37(45(39(44)47)51(18,19)40(5,6)7)29-33(3)31-48-52(20,21)41(8,9)10/h26-29,34,36-38H,30-31H2,1-25H3/b28-27+,32-26+,33-29+/t34-,36-,37-,38?,44+/m1/s1. The molecule has 1 amide bonds. The summed E-state index contributed by atoms with van der Waals surface area (Å²) in [5.74, 6) is -0.0606. The number of rotatable bonds is 16. The van der Waals surface area contributed by atoms with E-state index in [-0.39, 0.29) is 50.2 Å². The fraction of sp³-hybridized carbons (Fsp3) is 0.818. The Bertz CT molecular complexity index is 1420. The molecule has 0 N–H and O–H groups in total. The Kier molecular flexibility index (Phi) is 16.2. The zero-order valence-electron chi connectivity index (χ0n) is 40.0. The molecule has 0 aromatic rings. The molecular formula is C44H87NO5Si4. The van der Waals surface area contributed by atoms with Crippen molar-refractivity contribution in [2.24, 2.45) is 11.3 Å². The van der Waals surface area contributed by atoms with E-state index in [0.717, 1.165) is 11.1 Å². The lowest BCUT2D eigenvalue weighted by Crippen LogP contribution is -2.80. The smallest absolute Gasteiger partial charge is 0.226 e. The second kappa shape index (κ2) is 17.1. The topological polar surface area (TPSA) is 65.1 Å². The van der Waals surface area contributed by atoms with Gasteiger partial charge in [0.15, 0.2) is 39.0 Å². The predicted molar refractivity (Wildman–Crippen MR) is 244 cm³/mol. The van der Waals surface area contributed by atoms with E-state index >= 15 is 4.79 Å². The molecule has 1 unspecified atom stereocenters. The van der Waals surface area contributed by atoms with E-state index in [9.17, 15) is 4.79 Å². The number of allylic oxidation sites excluding steroid dienone is 4. The van der Waals surface area contributed by atoms with Crippen LogP contribution < -0.4 is 0 Å². The molecule has 0 aliphatic carbocycles. The number of carbonyl (C=O) groups is 2. The lowest BCUT2D eigenvalue weighted by atomic mass is 9.65. The largest absolute Gasteiger partial charge is 0.413 e. The van der Waals surface area contributed by atoms with Gasteiger partial charge in [-0.2, -0.15) is 0 Å². The highest BCUT2D eigenvalue weighted by Crippen LogP contribution is 2.56. The number of amides is 1. The van der Waals surface area contributed by atoms with Gasteiger partial charge >= 0.3 is 0 Å². The van der Waals surface area contributed by atoms with E-state index in [2.05, 4.69) is 167 Å². The fourth-order valence-corrected chi connectivity index (χ4v) is 12.4. The number of hydrogen-bond donors (Lipinski definition) is 0. The Hall–Kier alpha value is -0.892. The molecule has 1 aliphatic rings. The molecule has 0 spiro atoms. The van der Waals surface area contributed by atoms with E-state index in [0.29, 0.717) is 6.61 Å². The summed E-state index contributed by atoms with van der Waals surface area (Å²) in [6.45, 7) is 56.5. The minimum Gasteiger partial charge on any atom is -0.413 e. The normalized spacial score (nSPS) is 22.4. The van der Waals surface area contributed by atoms with Crippen LogP contribution in [0, 0.1) is 11.3 Å². The third-order valence-corrected chi connectivity index (χ3v) is 33.2. The summed E-state index contributed by atoms with van der Waals surface area (Å²) in [4.78, 5) is 29.1. The molecule has 0 radical (unpaired) electrons. The summed E-state index contributed by atoms with van der Waals surface area (Å²) >= 11 is 0. The van der Waals surface area contributed by atoms with Gasteiger partial charge in [0.2, 0.25) is 5.91 Å².